The zero-order valence-electron chi connectivity index (χ0n) is 12.8. The molecule has 0 bridgehead atoms. The van der Waals surface area contributed by atoms with Crippen LogP contribution in [0.2, 0.25) is 0 Å². The Morgan fingerprint density at radius 1 is 1.18 bits per heavy atom. The predicted octanol–water partition coefficient (Wildman–Crippen LogP) is 2.84. The van der Waals surface area contributed by atoms with Gasteiger partial charge in [-0.2, -0.15) is 0 Å². The zero-order chi connectivity index (χ0) is 16.0. The Bertz CT molecular complexity index is 661. The van der Waals surface area contributed by atoms with Crippen molar-refractivity contribution >= 4 is 10.0 Å². The Labute approximate surface area is 131 Å². The molecule has 0 saturated carbocycles. The van der Waals surface area contributed by atoms with Crippen LogP contribution in [0.15, 0.2) is 52.2 Å². The number of nitrogens with one attached hydrogen (secondary N) is 1. The molecule has 0 aliphatic heterocycles. The first-order valence-electron chi connectivity index (χ1n) is 7.21. The molecular weight excluding hydrogens is 302 g/mol. The van der Waals surface area contributed by atoms with Gasteiger partial charge in [0, 0.05) is 6.54 Å². The second-order valence-corrected chi connectivity index (χ2v) is 7.22. The molecule has 1 N–H and O–H groups in total. The van der Waals surface area contributed by atoms with Crippen LogP contribution in [0.3, 0.4) is 0 Å². The second-order valence-electron chi connectivity index (χ2n) is 5.46. The summed E-state index contributed by atoms with van der Waals surface area (Å²) in [5.41, 5.74) is 0.958. The minimum atomic E-state index is -3.50. The summed E-state index contributed by atoms with van der Waals surface area (Å²) < 4.78 is 37.4. The Morgan fingerprint density at radius 3 is 2.50 bits per heavy atom. The molecule has 0 unspecified atom stereocenters. The molecule has 2 rings (SSSR count). The fourth-order valence-corrected chi connectivity index (χ4v) is 2.86. The van der Waals surface area contributed by atoms with E-state index in [4.69, 9.17) is 9.15 Å². The largest absolute Gasteiger partial charge is 0.493 e. The highest BCUT2D eigenvalue weighted by molar-refractivity contribution is 7.89. The molecule has 0 aliphatic rings. The van der Waals surface area contributed by atoms with Gasteiger partial charge in [-0.3, -0.25) is 0 Å². The quantitative estimate of drug-likeness (QED) is 0.811. The molecule has 120 valence electrons. The highest BCUT2D eigenvalue weighted by Crippen LogP contribution is 2.16. The standard InChI is InChI=1S/C16H21NO4S/c1-13(2)11-21-15-3-5-16(6-4-15)22(18,19)17-9-7-14-8-10-20-12-14/h3-6,8,10,12-13,17H,7,9,11H2,1-2H3. The SMILES string of the molecule is CC(C)COc1ccc(S(=O)(=O)NCCc2ccoc2)cc1. The fourth-order valence-electron chi connectivity index (χ4n) is 1.83. The molecule has 1 heterocycles. The number of furan rings is 1. The second kappa shape index (κ2) is 7.47. The molecule has 1 aromatic carbocycles. The maximum absolute atomic E-state index is 12.2. The van der Waals surface area contributed by atoms with Crippen LogP contribution in [0.5, 0.6) is 5.75 Å². The van der Waals surface area contributed by atoms with Gasteiger partial charge in [-0.25, -0.2) is 13.1 Å². The van der Waals surface area contributed by atoms with E-state index in [-0.39, 0.29) is 4.90 Å². The maximum Gasteiger partial charge on any atom is 0.240 e. The lowest BCUT2D eigenvalue weighted by atomic mass is 10.2. The molecule has 0 saturated heterocycles. The summed E-state index contributed by atoms with van der Waals surface area (Å²) in [5.74, 6) is 1.10. The van der Waals surface area contributed by atoms with Crippen LogP contribution in [0.1, 0.15) is 19.4 Å². The molecule has 1 aromatic heterocycles. The number of sulfonamides is 1. The van der Waals surface area contributed by atoms with E-state index in [9.17, 15) is 8.42 Å². The average molecular weight is 323 g/mol. The zero-order valence-corrected chi connectivity index (χ0v) is 13.6. The van der Waals surface area contributed by atoms with Crippen LogP contribution in [0, 0.1) is 5.92 Å². The topological polar surface area (TPSA) is 68.5 Å². The molecule has 0 fully saturated rings. The van der Waals surface area contributed by atoms with Gasteiger partial charge in [0.2, 0.25) is 10.0 Å². The van der Waals surface area contributed by atoms with Crippen LogP contribution in [-0.4, -0.2) is 21.6 Å². The molecule has 0 atom stereocenters. The van der Waals surface area contributed by atoms with Gasteiger partial charge >= 0.3 is 0 Å². The monoisotopic (exact) mass is 323 g/mol. The highest BCUT2D eigenvalue weighted by atomic mass is 32.2. The van der Waals surface area contributed by atoms with E-state index in [2.05, 4.69) is 18.6 Å². The van der Waals surface area contributed by atoms with Crippen molar-refractivity contribution in [3.05, 3.63) is 48.4 Å². The molecule has 0 amide bonds. The Kier molecular flexibility index (Phi) is 5.63. The van der Waals surface area contributed by atoms with Crippen LogP contribution in [-0.2, 0) is 16.4 Å². The summed E-state index contributed by atoms with van der Waals surface area (Å²) in [5, 5.41) is 0. The molecule has 6 heteroatoms. The molecule has 0 aliphatic carbocycles. The first-order valence-corrected chi connectivity index (χ1v) is 8.69. The summed E-state index contributed by atoms with van der Waals surface area (Å²) in [7, 11) is -3.50. The summed E-state index contributed by atoms with van der Waals surface area (Å²) >= 11 is 0. The fraction of sp³-hybridized carbons (Fsp3) is 0.375. The van der Waals surface area contributed by atoms with Crippen LogP contribution < -0.4 is 9.46 Å². The lowest BCUT2D eigenvalue weighted by Crippen LogP contribution is -2.25. The highest BCUT2D eigenvalue weighted by Gasteiger charge is 2.13. The van der Waals surface area contributed by atoms with Crippen molar-refractivity contribution in [1.82, 2.24) is 4.72 Å². The summed E-state index contributed by atoms with van der Waals surface area (Å²) in [6.45, 7) is 5.05. The number of rotatable bonds is 8. The lowest BCUT2D eigenvalue weighted by Gasteiger charge is -2.10. The third kappa shape index (κ3) is 4.89. The summed E-state index contributed by atoms with van der Waals surface area (Å²) in [6.07, 6.45) is 3.76. The molecule has 2 aromatic rings. The number of benzene rings is 1. The van der Waals surface area contributed by atoms with Crippen molar-refractivity contribution < 1.29 is 17.6 Å². The van der Waals surface area contributed by atoms with Crippen molar-refractivity contribution in [1.29, 1.82) is 0 Å². The predicted molar refractivity (Wildman–Crippen MR) is 84.4 cm³/mol. The van der Waals surface area contributed by atoms with Gasteiger partial charge in [-0.15, -0.1) is 0 Å². The van der Waals surface area contributed by atoms with E-state index >= 15 is 0 Å². The maximum atomic E-state index is 12.2. The Balaban J connectivity index is 1.91. The van der Waals surface area contributed by atoms with Gasteiger partial charge in [-0.1, -0.05) is 13.8 Å². The molecular formula is C16H21NO4S. The van der Waals surface area contributed by atoms with Gasteiger partial charge in [0.15, 0.2) is 0 Å². The van der Waals surface area contributed by atoms with E-state index in [1.54, 1.807) is 36.8 Å². The lowest BCUT2D eigenvalue weighted by molar-refractivity contribution is 0.271. The van der Waals surface area contributed by atoms with Crippen LogP contribution in [0.4, 0.5) is 0 Å². The van der Waals surface area contributed by atoms with Crippen molar-refractivity contribution in [3.63, 3.8) is 0 Å². The van der Waals surface area contributed by atoms with E-state index in [0.717, 1.165) is 5.56 Å². The first kappa shape index (κ1) is 16.6. The van der Waals surface area contributed by atoms with Gasteiger partial charge < -0.3 is 9.15 Å². The molecule has 0 spiro atoms. The van der Waals surface area contributed by atoms with E-state index in [0.29, 0.717) is 31.2 Å². The molecule has 5 nitrogen and oxygen atoms in total. The average Bonchev–Trinajstić information content (AvgIpc) is 2.98. The molecule has 0 radical (unpaired) electrons. The van der Waals surface area contributed by atoms with Crippen LogP contribution in [0.25, 0.3) is 0 Å². The summed E-state index contributed by atoms with van der Waals surface area (Å²) in [4.78, 5) is 0.233. The van der Waals surface area contributed by atoms with Gasteiger partial charge in [0.25, 0.3) is 0 Å². The third-order valence-corrected chi connectivity index (χ3v) is 4.48. The third-order valence-electron chi connectivity index (χ3n) is 3.00. The van der Waals surface area contributed by atoms with E-state index < -0.39 is 10.0 Å². The number of hydrogen-bond acceptors (Lipinski definition) is 4. The first-order chi connectivity index (χ1) is 10.5. The minimum absolute atomic E-state index is 0.233. The smallest absolute Gasteiger partial charge is 0.240 e. The van der Waals surface area contributed by atoms with Crippen molar-refractivity contribution in [2.75, 3.05) is 13.2 Å². The Hall–Kier alpha value is -1.79. The van der Waals surface area contributed by atoms with Crippen molar-refractivity contribution in [3.8, 4) is 5.75 Å². The Morgan fingerprint density at radius 2 is 1.91 bits per heavy atom. The van der Waals surface area contributed by atoms with Crippen LogP contribution >= 0.6 is 0 Å². The van der Waals surface area contributed by atoms with Gasteiger partial charge in [0.1, 0.15) is 5.75 Å². The number of hydrogen-bond donors (Lipinski definition) is 1. The van der Waals surface area contributed by atoms with Gasteiger partial charge in [-0.05, 0) is 48.2 Å². The van der Waals surface area contributed by atoms with E-state index in [1.807, 2.05) is 6.07 Å². The van der Waals surface area contributed by atoms with Crippen molar-refractivity contribution in [2.24, 2.45) is 5.92 Å². The normalized spacial score (nSPS) is 11.8. The number of ether oxygens (including phenoxy) is 1. The summed E-state index contributed by atoms with van der Waals surface area (Å²) in [6, 6.07) is 8.26. The van der Waals surface area contributed by atoms with E-state index in [1.165, 1.54) is 0 Å². The molecule has 22 heavy (non-hydrogen) atoms. The van der Waals surface area contributed by atoms with Crippen molar-refractivity contribution in [2.45, 2.75) is 25.2 Å². The van der Waals surface area contributed by atoms with Gasteiger partial charge in [0.05, 0.1) is 24.0 Å². The minimum Gasteiger partial charge on any atom is -0.493 e.